The normalized spacial score (nSPS) is 26.2. The monoisotopic (exact) mass is 478 g/mol. The van der Waals surface area contributed by atoms with Crippen LogP contribution >= 0.6 is 0 Å². The maximum atomic E-state index is 13.1. The van der Waals surface area contributed by atoms with Gasteiger partial charge in [-0.2, -0.15) is 0 Å². The van der Waals surface area contributed by atoms with E-state index in [0.29, 0.717) is 5.92 Å². The summed E-state index contributed by atoms with van der Waals surface area (Å²) < 4.78 is 17.3. The van der Waals surface area contributed by atoms with Crippen molar-refractivity contribution in [2.45, 2.75) is 58.1 Å². The van der Waals surface area contributed by atoms with E-state index >= 15 is 0 Å². The highest BCUT2D eigenvalue weighted by Gasteiger charge is 2.45. The molecule has 2 aromatic rings. The Bertz CT molecular complexity index is 1050. The fraction of sp³-hybridized carbons (Fsp3) is 0.552. The number of amides is 1. The lowest BCUT2D eigenvalue weighted by Crippen LogP contribution is -2.53. The molecule has 1 amide bonds. The Kier molecular flexibility index (Phi) is 6.67. The first-order chi connectivity index (χ1) is 17.0. The first kappa shape index (κ1) is 24.0. The van der Waals surface area contributed by atoms with E-state index in [2.05, 4.69) is 42.3 Å². The highest BCUT2D eigenvalue weighted by atomic mass is 16.6. The van der Waals surface area contributed by atoms with Crippen LogP contribution < -0.4 is 14.8 Å². The van der Waals surface area contributed by atoms with Crippen molar-refractivity contribution < 1.29 is 19.0 Å². The summed E-state index contributed by atoms with van der Waals surface area (Å²) in [6, 6.07) is 12.3. The minimum Gasteiger partial charge on any atom is -0.496 e. The number of rotatable bonds is 7. The van der Waals surface area contributed by atoms with Gasteiger partial charge in [0.25, 0.3) is 0 Å². The average molecular weight is 479 g/mol. The predicted molar refractivity (Wildman–Crippen MR) is 137 cm³/mol. The van der Waals surface area contributed by atoms with Crippen molar-refractivity contribution in [3.05, 3.63) is 47.5 Å². The van der Waals surface area contributed by atoms with Crippen molar-refractivity contribution >= 4 is 6.09 Å². The van der Waals surface area contributed by atoms with Crippen molar-refractivity contribution in [1.82, 2.24) is 10.2 Å². The van der Waals surface area contributed by atoms with Gasteiger partial charge in [0.1, 0.15) is 17.6 Å². The summed E-state index contributed by atoms with van der Waals surface area (Å²) >= 11 is 0. The minimum absolute atomic E-state index is 0.0106. The van der Waals surface area contributed by atoms with Crippen LogP contribution in [0.15, 0.2) is 36.4 Å². The van der Waals surface area contributed by atoms with Crippen LogP contribution in [0.1, 0.15) is 56.7 Å². The van der Waals surface area contributed by atoms with Crippen molar-refractivity contribution in [1.29, 1.82) is 0 Å². The van der Waals surface area contributed by atoms with Crippen LogP contribution in [0.4, 0.5) is 4.79 Å². The van der Waals surface area contributed by atoms with Crippen LogP contribution in [0.25, 0.3) is 11.1 Å². The van der Waals surface area contributed by atoms with Gasteiger partial charge < -0.3 is 19.5 Å². The molecule has 0 spiro atoms. The summed E-state index contributed by atoms with van der Waals surface area (Å²) in [6.07, 6.45) is 4.89. The zero-order valence-corrected chi connectivity index (χ0v) is 21.4. The predicted octanol–water partition coefficient (Wildman–Crippen LogP) is 5.59. The Morgan fingerprint density at radius 2 is 1.74 bits per heavy atom. The molecule has 6 nitrogen and oxygen atoms in total. The lowest BCUT2D eigenvalue weighted by atomic mass is 9.76. The van der Waals surface area contributed by atoms with Crippen molar-refractivity contribution in [3.63, 3.8) is 0 Å². The second kappa shape index (κ2) is 9.73. The van der Waals surface area contributed by atoms with Crippen molar-refractivity contribution in [2.24, 2.45) is 11.3 Å². The number of hydrogen-bond acceptors (Lipinski definition) is 5. The van der Waals surface area contributed by atoms with Crippen LogP contribution in [-0.4, -0.2) is 51.0 Å². The fourth-order valence-electron chi connectivity index (χ4n) is 6.62. The number of nitrogens with zero attached hydrogens (tertiary/aromatic N) is 1. The number of carbonyl (C=O) groups excluding carboxylic acids is 1. The largest absolute Gasteiger partial charge is 0.496 e. The molecule has 0 aromatic heterocycles. The number of hydrogen-bond donors (Lipinski definition) is 1. The maximum Gasteiger partial charge on any atom is 0.407 e. The molecule has 6 rings (SSSR count). The van der Waals surface area contributed by atoms with Gasteiger partial charge in [0, 0.05) is 6.54 Å². The number of methoxy groups -OCH3 is 2. The molecule has 2 bridgehead atoms. The molecule has 3 heterocycles. The van der Waals surface area contributed by atoms with Gasteiger partial charge in [0.05, 0.1) is 25.8 Å². The summed E-state index contributed by atoms with van der Waals surface area (Å²) in [5, 5.41) is 3.31. The van der Waals surface area contributed by atoms with Crippen LogP contribution in [-0.2, 0) is 11.2 Å². The number of alkyl carbamates (subject to hydrolysis) is 1. The first-order valence-corrected chi connectivity index (χ1v) is 13.1. The standard InChI is InChI=1S/C29H38N2O4/c1-5-29(6-2)17-21-16-20(26-23(33-3)8-7-9-24(26)34-4)10-11-22(21)27(29)30-28(32)35-25-18-31-14-12-19(25)13-15-31/h7-11,16,19,25,27H,5-6,12-15,17-18H2,1-4H3,(H,30,32)/t25-,27?/m1/s1. The maximum absolute atomic E-state index is 13.1. The molecule has 2 atom stereocenters. The van der Waals surface area contributed by atoms with Crippen LogP contribution in [0.2, 0.25) is 0 Å². The van der Waals surface area contributed by atoms with Gasteiger partial charge in [0.2, 0.25) is 0 Å². The zero-order valence-electron chi connectivity index (χ0n) is 21.4. The summed E-state index contributed by atoms with van der Waals surface area (Å²) in [7, 11) is 3.37. The Labute approximate surface area is 208 Å². The molecule has 2 aromatic carbocycles. The van der Waals surface area contributed by atoms with E-state index in [4.69, 9.17) is 14.2 Å². The van der Waals surface area contributed by atoms with E-state index < -0.39 is 0 Å². The summed E-state index contributed by atoms with van der Waals surface area (Å²) in [6.45, 7) is 7.60. The molecule has 1 aliphatic carbocycles. The van der Waals surface area contributed by atoms with Gasteiger partial charge in [-0.1, -0.05) is 38.1 Å². The highest BCUT2D eigenvalue weighted by Crippen LogP contribution is 2.52. The van der Waals surface area contributed by atoms with Crippen molar-refractivity contribution in [2.75, 3.05) is 33.9 Å². The Morgan fingerprint density at radius 1 is 1.06 bits per heavy atom. The van der Waals surface area contributed by atoms with Crippen molar-refractivity contribution in [3.8, 4) is 22.6 Å². The van der Waals surface area contributed by atoms with Crippen LogP contribution in [0.5, 0.6) is 11.5 Å². The first-order valence-electron chi connectivity index (χ1n) is 13.1. The molecule has 3 aliphatic heterocycles. The molecule has 0 radical (unpaired) electrons. The second-order valence-corrected chi connectivity index (χ2v) is 10.4. The third-order valence-corrected chi connectivity index (χ3v) is 8.85. The highest BCUT2D eigenvalue weighted by molar-refractivity contribution is 5.78. The van der Waals surface area contributed by atoms with Gasteiger partial charge in [-0.3, -0.25) is 4.90 Å². The molecule has 1 N–H and O–H groups in total. The topological polar surface area (TPSA) is 60.0 Å². The lowest BCUT2D eigenvalue weighted by Gasteiger charge is -2.44. The van der Waals surface area contributed by atoms with E-state index in [9.17, 15) is 4.79 Å². The summed E-state index contributed by atoms with van der Waals surface area (Å²) in [4.78, 5) is 15.6. The molecule has 6 heteroatoms. The van der Waals surface area contributed by atoms with E-state index in [0.717, 1.165) is 74.4 Å². The van der Waals surface area contributed by atoms with Gasteiger partial charge in [-0.25, -0.2) is 4.79 Å². The minimum atomic E-state index is -0.275. The van der Waals surface area contributed by atoms with Gasteiger partial charge in [-0.05, 0) is 85.3 Å². The third kappa shape index (κ3) is 4.26. The van der Waals surface area contributed by atoms with E-state index in [1.165, 1.54) is 11.1 Å². The second-order valence-electron chi connectivity index (χ2n) is 10.4. The van der Waals surface area contributed by atoms with E-state index in [-0.39, 0.29) is 23.7 Å². The van der Waals surface area contributed by atoms with Gasteiger partial charge in [-0.15, -0.1) is 0 Å². The molecule has 3 fully saturated rings. The lowest BCUT2D eigenvalue weighted by molar-refractivity contribution is -0.0353. The summed E-state index contributed by atoms with van der Waals surface area (Å²) in [5.74, 6) is 2.08. The molecule has 4 aliphatic rings. The average Bonchev–Trinajstić information content (AvgIpc) is 3.21. The van der Waals surface area contributed by atoms with Gasteiger partial charge >= 0.3 is 6.09 Å². The number of nitrogens with one attached hydrogen (secondary N) is 1. The quantitative estimate of drug-likeness (QED) is 0.562. The SMILES string of the molecule is CCC1(CC)Cc2cc(-c3c(OC)cccc3OC)ccc2C1NC(=O)O[C@@H]1CN2CCC1CC2. The fourth-order valence-corrected chi connectivity index (χ4v) is 6.62. The molecular formula is C29H38N2O4. The van der Waals surface area contributed by atoms with Gasteiger partial charge in [0.15, 0.2) is 0 Å². The number of benzene rings is 2. The molecule has 35 heavy (non-hydrogen) atoms. The number of fused-ring (bicyclic) bond motifs is 4. The Balaban J connectivity index is 1.42. The number of ether oxygens (including phenoxy) is 3. The van der Waals surface area contributed by atoms with E-state index in [1.807, 2.05) is 18.2 Å². The number of carbonyl (C=O) groups is 1. The smallest absolute Gasteiger partial charge is 0.407 e. The zero-order chi connectivity index (χ0) is 24.6. The van der Waals surface area contributed by atoms with E-state index in [1.54, 1.807) is 14.2 Å². The molecular weight excluding hydrogens is 440 g/mol. The molecule has 1 unspecified atom stereocenters. The molecule has 3 saturated heterocycles. The molecule has 188 valence electrons. The van der Waals surface area contributed by atoms with Crippen LogP contribution in [0.3, 0.4) is 0 Å². The summed E-state index contributed by atoms with van der Waals surface area (Å²) in [5.41, 5.74) is 4.45. The van der Waals surface area contributed by atoms with Crippen LogP contribution in [0, 0.1) is 11.3 Å². The third-order valence-electron chi connectivity index (χ3n) is 8.85. The Morgan fingerprint density at radius 3 is 2.31 bits per heavy atom. The Hall–Kier alpha value is -2.73. The molecule has 0 saturated carbocycles. The number of piperidine rings is 3.